The minimum atomic E-state index is 0.456. The van der Waals surface area contributed by atoms with E-state index in [9.17, 15) is 0 Å². The first kappa shape index (κ1) is 13.0. The van der Waals surface area contributed by atoms with Gasteiger partial charge in [0.1, 0.15) is 5.01 Å². The molecule has 4 rings (SSSR count). The summed E-state index contributed by atoms with van der Waals surface area (Å²) in [6.07, 6.45) is 5.84. The molecular formula is C18H18N2S. The monoisotopic (exact) mass is 294 g/mol. The molecule has 3 heteroatoms. The number of thiazole rings is 1. The molecule has 1 unspecified atom stereocenters. The molecule has 21 heavy (non-hydrogen) atoms. The first-order valence-electron chi connectivity index (χ1n) is 7.58. The summed E-state index contributed by atoms with van der Waals surface area (Å²) in [4.78, 5) is 5.92. The molecule has 0 amide bonds. The van der Waals surface area contributed by atoms with Gasteiger partial charge in [-0.25, -0.2) is 4.98 Å². The summed E-state index contributed by atoms with van der Waals surface area (Å²) in [6, 6.07) is 15.6. The molecule has 0 saturated carbocycles. The molecule has 2 aromatic carbocycles. The molecular weight excluding hydrogens is 276 g/mol. The summed E-state index contributed by atoms with van der Waals surface area (Å²) in [6.45, 7) is 1.12. The van der Waals surface area contributed by atoms with E-state index in [1.165, 1.54) is 45.5 Å². The fourth-order valence-electron chi connectivity index (χ4n) is 2.99. The number of hydrogen-bond donors (Lipinski definition) is 1. The Hall–Kier alpha value is -1.71. The van der Waals surface area contributed by atoms with Crippen LogP contribution in [0.15, 0.2) is 48.7 Å². The maximum Gasteiger partial charge on any atom is 0.110 e. The van der Waals surface area contributed by atoms with Crippen LogP contribution in [0.25, 0.3) is 21.2 Å². The van der Waals surface area contributed by atoms with Crippen LogP contribution in [0.1, 0.15) is 30.3 Å². The molecule has 0 radical (unpaired) electrons. The number of aromatic nitrogens is 1. The van der Waals surface area contributed by atoms with Gasteiger partial charge in [-0.1, -0.05) is 42.8 Å². The summed E-state index contributed by atoms with van der Waals surface area (Å²) in [7, 11) is 0. The minimum Gasteiger partial charge on any atom is -0.308 e. The van der Waals surface area contributed by atoms with Crippen molar-refractivity contribution in [3.8, 4) is 10.4 Å². The second kappa shape index (κ2) is 5.58. The lowest BCUT2D eigenvalue weighted by molar-refractivity contribution is 0.411. The van der Waals surface area contributed by atoms with Crippen molar-refractivity contribution < 1.29 is 0 Å². The van der Waals surface area contributed by atoms with Crippen molar-refractivity contribution >= 4 is 22.1 Å². The quantitative estimate of drug-likeness (QED) is 0.736. The van der Waals surface area contributed by atoms with Crippen LogP contribution in [0, 0.1) is 0 Å². The number of piperidine rings is 1. The Labute approximate surface area is 128 Å². The van der Waals surface area contributed by atoms with Crippen LogP contribution in [-0.2, 0) is 0 Å². The maximum atomic E-state index is 4.65. The van der Waals surface area contributed by atoms with Crippen molar-refractivity contribution in [2.75, 3.05) is 6.54 Å². The van der Waals surface area contributed by atoms with Gasteiger partial charge in [-0.3, -0.25) is 0 Å². The Morgan fingerprint density at radius 1 is 1.05 bits per heavy atom. The Morgan fingerprint density at radius 2 is 1.95 bits per heavy atom. The highest BCUT2D eigenvalue weighted by Crippen LogP contribution is 2.33. The van der Waals surface area contributed by atoms with Crippen molar-refractivity contribution in [2.45, 2.75) is 25.3 Å². The Balaban J connectivity index is 1.67. The molecule has 0 aliphatic carbocycles. The van der Waals surface area contributed by atoms with E-state index in [1.807, 2.05) is 17.5 Å². The zero-order valence-electron chi connectivity index (χ0n) is 11.9. The van der Waals surface area contributed by atoms with Gasteiger partial charge in [0.25, 0.3) is 0 Å². The zero-order valence-corrected chi connectivity index (χ0v) is 12.7. The summed E-state index contributed by atoms with van der Waals surface area (Å²) in [5.41, 5.74) is 1.27. The number of rotatable bonds is 2. The van der Waals surface area contributed by atoms with E-state index in [-0.39, 0.29) is 0 Å². The van der Waals surface area contributed by atoms with Gasteiger partial charge in [-0.05, 0) is 41.8 Å². The Morgan fingerprint density at radius 3 is 2.81 bits per heavy atom. The summed E-state index contributed by atoms with van der Waals surface area (Å²) < 4.78 is 0. The van der Waals surface area contributed by atoms with Crippen LogP contribution in [0.4, 0.5) is 0 Å². The molecule has 2 heterocycles. The number of hydrogen-bond acceptors (Lipinski definition) is 3. The molecule has 1 fully saturated rings. The van der Waals surface area contributed by atoms with Crippen LogP contribution in [0.3, 0.4) is 0 Å². The van der Waals surface area contributed by atoms with Crippen molar-refractivity contribution in [3.63, 3.8) is 0 Å². The first-order chi connectivity index (χ1) is 10.4. The lowest BCUT2D eigenvalue weighted by atomic mass is 10.1. The molecule has 1 aliphatic rings. The lowest BCUT2D eigenvalue weighted by Crippen LogP contribution is -2.26. The topological polar surface area (TPSA) is 24.9 Å². The Bertz CT molecular complexity index is 757. The maximum absolute atomic E-state index is 4.65. The predicted molar refractivity (Wildman–Crippen MR) is 89.7 cm³/mol. The van der Waals surface area contributed by atoms with Crippen LogP contribution in [-0.4, -0.2) is 11.5 Å². The molecule has 1 atom stereocenters. The average Bonchev–Trinajstić information content (AvgIpc) is 3.05. The van der Waals surface area contributed by atoms with Gasteiger partial charge in [0.2, 0.25) is 0 Å². The second-order valence-electron chi connectivity index (χ2n) is 5.63. The van der Waals surface area contributed by atoms with Gasteiger partial charge in [0.15, 0.2) is 0 Å². The second-order valence-corrected chi connectivity index (χ2v) is 6.69. The first-order valence-corrected chi connectivity index (χ1v) is 8.40. The minimum absolute atomic E-state index is 0.456. The largest absolute Gasteiger partial charge is 0.308 e. The van der Waals surface area contributed by atoms with E-state index >= 15 is 0 Å². The highest BCUT2D eigenvalue weighted by Gasteiger charge is 2.18. The molecule has 0 spiro atoms. The van der Waals surface area contributed by atoms with Gasteiger partial charge in [0, 0.05) is 6.20 Å². The van der Waals surface area contributed by atoms with E-state index in [4.69, 9.17) is 0 Å². The molecule has 2 nitrogen and oxygen atoms in total. The standard InChI is InChI=1S/C18H18N2S/c1-2-6-14-11-15(9-8-13(14)5-1)17-12-20-18(21-17)16-7-3-4-10-19-16/h1-2,5-6,8-9,11-12,16,19H,3-4,7,10H2. The smallest absolute Gasteiger partial charge is 0.110 e. The number of fused-ring (bicyclic) bond motifs is 1. The van der Waals surface area contributed by atoms with Crippen molar-refractivity contribution in [1.82, 2.24) is 10.3 Å². The van der Waals surface area contributed by atoms with Crippen molar-refractivity contribution in [1.29, 1.82) is 0 Å². The third kappa shape index (κ3) is 2.59. The van der Waals surface area contributed by atoms with Crippen molar-refractivity contribution in [3.05, 3.63) is 53.7 Å². The van der Waals surface area contributed by atoms with Gasteiger partial charge >= 0.3 is 0 Å². The highest BCUT2D eigenvalue weighted by atomic mass is 32.1. The van der Waals surface area contributed by atoms with Crippen LogP contribution >= 0.6 is 11.3 Å². The van der Waals surface area contributed by atoms with E-state index in [1.54, 1.807) is 0 Å². The van der Waals surface area contributed by atoms with E-state index in [0.717, 1.165) is 6.54 Å². The van der Waals surface area contributed by atoms with Gasteiger partial charge in [0.05, 0.1) is 10.9 Å². The van der Waals surface area contributed by atoms with Gasteiger partial charge < -0.3 is 5.32 Å². The highest BCUT2D eigenvalue weighted by molar-refractivity contribution is 7.15. The van der Waals surface area contributed by atoms with E-state index in [2.05, 4.69) is 52.8 Å². The van der Waals surface area contributed by atoms with Crippen LogP contribution in [0.2, 0.25) is 0 Å². The van der Waals surface area contributed by atoms with Crippen molar-refractivity contribution in [2.24, 2.45) is 0 Å². The van der Waals surface area contributed by atoms with E-state index in [0.29, 0.717) is 6.04 Å². The fraction of sp³-hybridized carbons (Fsp3) is 0.278. The number of benzene rings is 2. The third-order valence-corrected chi connectivity index (χ3v) is 5.33. The number of nitrogens with one attached hydrogen (secondary N) is 1. The molecule has 1 N–H and O–H groups in total. The van der Waals surface area contributed by atoms with Crippen LogP contribution in [0.5, 0.6) is 0 Å². The molecule has 1 saturated heterocycles. The molecule has 106 valence electrons. The molecule has 1 aromatic heterocycles. The van der Waals surface area contributed by atoms with Gasteiger partial charge in [-0.2, -0.15) is 0 Å². The molecule has 1 aliphatic heterocycles. The van der Waals surface area contributed by atoms with Gasteiger partial charge in [-0.15, -0.1) is 11.3 Å². The molecule has 3 aromatic rings. The Kier molecular flexibility index (Phi) is 3.45. The average molecular weight is 294 g/mol. The summed E-state index contributed by atoms with van der Waals surface area (Å²) in [5.74, 6) is 0. The van der Waals surface area contributed by atoms with E-state index < -0.39 is 0 Å². The lowest BCUT2D eigenvalue weighted by Gasteiger charge is -2.21. The summed E-state index contributed by atoms with van der Waals surface area (Å²) in [5, 5.41) is 7.40. The zero-order chi connectivity index (χ0) is 14.1. The van der Waals surface area contributed by atoms with Crippen LogP contribution < -0.4 is 5.32 Å². The fourth-order valence-corrected chi connectivity index (χ4v) is 4.01. The third-order valence-electron chi connectivity index (χ3n) is 4.17. The normalized spacial score (nSPS) is 19.0. The molecule has 0 bridgehead atoms. The SMILES string of the molecule is c1ccc2cc(-c3cnc(C4CCCCN4)s3)ccc2c1. The predicted octanol–water partition coefficient (Wildman–Crippen LogP) is 4.78. The summed E-state index contributed by atoms with van der Waals surface area (Å²) >= 11 is 1.83. The number of nitrogens with zero attached hydrogens (tertiary/aromatic N) is 1.